The average Bonchev–Trinajstić information content (AvgIpc) is 3.11. The van der Waals surface area contributed by atoms with Crippen molar-refractivity contribution in [1.82, 2.24) is 0 Å². The molecule has 2 rings (SSSR count). The molecule has 4 heteroatoms. The number of hydrogen-bond acceptors (Lipinski definition) is 3. The molecule has 0 saturated heterocycles. The predicted octanol–water partition coefficient (Wildman–Crippen LogP) is 5.63. The summed E-state index contributed by atoms with van der Waals surface area (Å²) in [6.07, 6.45) is 9.11. The molecule has 0 radical (unpaired) electrons. The summed E-state index contributed by atoms with van der Waals surface area (Å²) in [5, 5.41) is 3.04. The quantitative estimate of drug-likeness (QED) is 0.549. The van der Waals surface area contributed by atoms with Crippen LogP contribution < -0.4 is 10.1 Å². The van der Waals surface area contributed by atoms with Crippen molar-refractivity contribution < 1.29 is 14.3 Å². The van der Waals surface area contributed by atoms with Crippen molar-refractivity contribution in [2.24, 2.45) is 0 Å². The Morgan fingerprint density at radius 2 is 1.96 bits per heavy atom. The molecule has 146 valence electrons. The lowest BCUT2D eigenvalue weighted by molar-refractivity contribution is -0.139. The normalized spacial score (nSPS) is 17.1. The summed E-state index contributed by atoms with van der Waals surface area (Å²) in [5.41, 5.74) is 1.07. The molecule has 1 amide bonds. The lowest BCUT2D eigenvalue weighted by Gasteiger charge is -2.28. The summed E-state index contributed by atoms with van der Waals surface area (Å²) in [4.78, 5) is 12.8. The van der Waals surface area contributed by atoms with E-state index in [1.807, 2.05) is 39.0 Å². The molecule has 1 unspecified atom stereocenters. The zero-order chi connectivity index (χ0) is 19.0. The van der Waals surface area contributed by atoms with Crippen LogP contribution in [0.1, 0.15) is 77.7 Å². The SMILES string of the molecule is CCCCCC(C)(OCC)C(=O)Nc1ccc(OC2CCCC2)c(C)c1. The monoisotopic (exact) mass is 361 g/mol. The van der Waals surface area contributed by atoms with Gasteiger partial charge in [0, 0.05) is 12.3 Å². The summed E-state index contributed by atoms with van der Waals surface area (Å²) in [7, 11) is 0. The highest BCUT2D eigenvalue weighted by Crippen LogP contribution is 2.29. The second-order valence-electron chi connectivity index (χ2n) is 7.58. The first-order valence-electron chi connectivity index (χ1n) is 10.2. The molecule has 1 atom stereocenters. The fourth-order valence-corrected chi connectivity index (χ4v) is 3.59. The van der Waals surface area contributed by atoms with Gasteiger partial charge in [0.05, 0.1) is 6.10 Å². The van der Waals surface area contributed by atoms with Crippen LogP contribution in [0.3, 0.4) is 0 Å². The number of aryl methyl sites for hydroxylation is 1. The third kappa shape index (κ3) is 5.73. The van der Waals surface area contributed by atoms with E-state index in [0.29, 0.717) is 12.7 Å². The van der Waals surface area contributed by atoms with Crippen molar-refractivity contribution in [3.05, 3.63) is 23.8 Å². The second kappa shape index (κ2) is 9.96. The summed E-state index contributed by atoms with van der Waals surface area (Å²) in [6.45, 7) is 8.55. The minimum Gasteiger partial charge on any atom is -0.490 e. The number of hydrogen-bond donors (Lipinski definition) is 1. The second-order valence-corrected chi connectivity index (χ2v) is 7.58. The van der Waals surface area contributed by atoms with Gasteiger partial charge in [-0.25, -0.2) is 0 Å². The van der Waals surface area contributed by atoms with Crippen molar-refractivity contribution in [1.29, 1.82) is 0 Å². The maximum atomic E-state index is 12.8. The smallest absolute Gasteiger partial charge is 0.256 e. The van der Waals surface area contributed by atoms with Crippen molar-refractivity contribution >= 4 is 11.6 Å². The van der Waals surface area contributed by atoms with Crippen LogP contribution in [0.2, 0.25) is 0 Å². The molecule has 1 aromatic carbocycles. The molecular formula is C22H35NO3. The molecule has 1 saturated carbocycles. The number of carbonyl (C=O) groups excluding carboxylic acids is 1. The maximum absolute atomic E-state index is 12.8. The van der Waals surface area contributed by atoms with Crippen LogP contribution in [-0.4, -0.2) is 24.2 Å². The Hall–Kier alpha value is -1.55. The average molecular weight is 362 g/mol. The molecule has 0 bridgehead atoms. The zero-order valence-electron chi connectivity index (χ0n) is 16.9. The van der Waals surface area contributed by atoms with Gasteiger partial charge < -0.3 is 14.8 Å². The van der Waals surface area contributed by atoms with Crippen LogP contribution in [0.5, 0.6) is 5.75 Å². The third-order valence-corrected chi connectivity index (χ3v) is 5.23. The van der Waals surface area contributed by atoms with E-state index in [9.17, 15) is 4.79 Å². The highest BCUT2D eigenvalue weighted by atomic mass is 16.5. The Labute approximate surface area is 158 Å². The van der Waals surface area contributed by atoms with Gasteiger partial charge in [0.1, 0.15) is 11.4 Å². The predicted molar refractivity (Wildman–Crippen MR) is 107 cm³/mol. The Morgan fingerprint density at radius 3 is 2.58 bits per heavy atom. The Morgan fingerprint density at radius 1 is 1.23 bits per heavy atom. The first-order valence-corrected chi connectivity index (χ1v) is 10.2. The largest absolute Gasteiger partial charge is 0.490 e. The van der Waals surface area contributed by atoms with E-state index in [4.69, 9.17) is 9.47 Å². The van der Waals surface area contributed by atoms with E-state index in [0.717, 1.165) is 55.5 Å². The number of ether oxygens (including phenoxy) is 2. The molecule has 0 heterocycles. The van der Waals surface area contributed by atoms with Crippen LogP contribution in [0, 0.1) is 6.92 Å². The number of unbranched alkanes of at least 4 members (excludes halogenated alkanes) is 2. The number of amides is 1. The van der Waals surface area contributed by atoms with E-state index in [1.165, 1.54) is 12.8 Å². The fourth-order valence-electron chi connectivity index (χ4n) is 3.59. The summed E-state index contributed by atoms with van der Waals surface area (Å²) in [6, 6.07) is 5.88. The van der Waals surface area contributed by atoms with Gasteiger partial charge in [-0.05, 0) is 76.6 Å². The molecule has 4 nitrogen and oxygen atoms in total. The van der Waals surface area contributed by atoms with Crippen molar-refractivity contribution in [2.45, 2.75) is 90.8 Å². The van der Waals surface area contributed by atoms with Crippen LogP contribution in [-0.2, 0) is 9.53 Å². The van der Waals surface area contributed by atoms with Gasteiger partial charge in [-0.15, -0.1) is 0 Å². The Bertz CT molecular complexity index is 581. The van der Waals surface area contributed by atoms with Crippen LogP contribution >= 0.6 is 0 Å². The van der Waals surface area contributed by atoms with Gasteiger partial charge in [-0.3, -0.25) is 4.79 Å². The molecule has 0 aromatic heterocycles. The minimum atomic E-state index is -0.781. The summed E-state index contributed by atoms with van der Waals surface area (Å²) < 4.78 is 11.9. The summed E-state index contributed by atoms with van der Waals surface area (Å²) >= 11 is 0. The molecule has 1 aliphatic rings. The van der Waals surface area contributed by atoms with Crippen LogP contribution in [0.4, 0.5) is 5.69 Å². The zero-order valence-corrected chi connectivity index (χ0v) is 16.9. The Balaban J connectivity index is 2.00. The number of nitrogens with one attached hydrogen (secondary N) is 1. The van der Waals surface area contributed by atoms with E-state index in [1.54, 1.807) is 0 Å². The first-order chi connectivity index (χ1) is 12.5. The van der Waals surface area contributed by atoms with Crippen LogP contribution in [0.25, 0.3) is 0 Å². The lowest BCUT2D eigenvalue weighted by atomic mass is 9.96. The van der Waals surface area contributed by atoms with Gasteiger partial charge in [0.25, 0.3) is 5.91 Å². The van der Waals surface area contributed by atoms with Gasteiger partial charge in [-0.2, -0.15) is 0 Å². The highest BCUT2D eigenvalue weighted by molar-refractivity contribution is 5.97. The molecule has 1 N–H and O–H groups in total. The number of rotatable bonds is 10. The molecule has 0 spiro atoms. The van der Waals surface area contributed by atoms with E-state index in [-0.39, 0.29) is 5.91 Å². The molecule has 1 aliphatic carbocycles. The van der Waals surface area contributed by atoms with Gasteiger partial charge in [0.2, 0.25) is 0 Å². The lowest BCUT2D eigenvalue weighted by Crippen LogP contribution is -2.42. The van der Waals surface area contributed by atoms with Crippen molar-refractivity contribution in [3.8, 4) is 5.75 Å². The molecular weight excluding hydrogens is 326 g/mol. The molecule has 1 aromatic rings. The topological polar surface area (TPSA) is 47.6 Å². The van der Waals surface area contributed by atoms with Crippen LogP contribution in [0.15, 0.2) is 18.2 Å². The van der Waals surface area contributed by atoms with E-state index >= 15 is 0 Å². The minimum absolute atomic E-state index is 0.0701. The molecule has 1 fully saturated rings. The Kier molecular flexibility index (Phi) is 7.95. The number of carbonyl (C=O) groups is 1. The molecule has 26 heavy (non-hydrogen) atoms. The van der Waals surface area contributed by atoms with Crippen molar-refractivity contribution in [2.75, 3.05) is 11.9 Å². The van der Waals surface area contributed by atoms with Gasteiger partial charge >= 0.3 is 0 Å². The number of anilines is 1. The highest BCUT2D eigenvalue weighted by Gasteiger charge is 2.33. The van der Waals surface area contributed by atoms with Gasteiger partial charge in [0.15, 0.2) is 0 Å². The maximum Gasteiger partial charge on any atom is 0.256 e. The standard InChI is InChI=1S/C22H35NO3/c1-5-7-10-15-22(4,25-6-2)21(24)23-18-13-14-20(17(3)16-18)26-19-11-8-9-12-19/h13-14,16,19H,5-12,15H2,1-4H3,(H,23,24). The van der Waals surface area contributed by atoms with Crippen molar-refractivity contribution in [3.63, 3.8) is 0 Å². The first kappa shape index (κ1) is 20.8. The molecule has 0 aliphatic heterocycles. The number of benzene rings is 1. The fraction of sp³-hybridized carbons (Fsp3) is 0.682. The van der Waals surface area contributed by atoms with Gasteiger partial charge in [-0.1, -0.05) is 26.2 Å². The third-order valence-electron chi connectivity index (χ3n) is 5.23. The van der Waals surface area contributed by atoms with E-state index in [2.05, 4.69) is 12.2 Å². The summed E-state index contributed by atoms with van der Waals surface area (Å²) in [5.74, 6) is 0.852. The van der Waals surface area contributed by atoms with E-state index < -0.39 is 5.60 Å².